The summed E-state index contributed by atoms with van der Waals surface area (Å²) in [5.41, 5.74) is 1.97. The van der Waals surface area contributed by atoms with Crippen LogP contribution in [0.15, 0.2) is 48.5 Å². The Morgan fingerprint density at radius 1 is 0.891 bits per heavy atom. The fourth-order valence-corrected chi connectivity index (χ4v) is 6.60. The minimum absolute atomic E-state index is 0.00370. The Balaban J connectivity index is 1.53. The molecule has 2 aromatic carbocycles. The second-order valence-corrected chi connectivity index (χ2v) is 13.5. The maximum Gasteiger partial charge on any atom is 0.328 e. The number of carbonyl (C=O) groups excluding carboxylic acids is 4. The second kappa shape index (κ2) is 14.8. The lowest BCUT2D eigenvalue weighted by molar-refractivity contribution is -0.141. The van der Waals surface area contributed by atoms with E-state index in [1.165, 1.54) is 0 Å². The zero-order valence-electron chi connectivity index (χ0n) is 27.5. The fourth-order valence-electron chi connectivity index (χ4n) is 6.60. The van der Waals surface area contributed by atoms with Crippen LogP contribution in [-0.4, -0.2) is 62.4 Å². The van der Waals surface area contributed by atoms with Gasteiger partial charge < -0.3 is 26.0 Å². The second-order valence-electron chi connectivity index (χ2n) is 13.5. The monoisotopic (exact) mass is 633 g/mol. The van der Waals surface area contributed by atoms with Crippen molar-refractivity contribution in [3.05, 3.63) is 59.7 Å². The van der Waals surface area contributed by atoms with Gasteiger partial charge in [-0.15, -0.1) is 0 Å². The highest BCUT2D eigenvalue weighted by atomic mass is 16.4. The molecule has 4 N–H and O–H groups in total. The Morgan fingerprint density at radius 3 is 2.11 bits per heavy atom. The van der Waals surface area contributed by atoms with Crippen molar-refractivity contribution in [2.75, 3.05) is 10.6 Å². The number of benzene rings is 2. The van der Waals surface area contributed by atoms with Crippen molar-refractivity contribution < 1.29 is 29.1 Å². The first kappa shape index (κ1) is 34.5. The maximum absolute atomic E-state index is 14.2. The van der Waals surface area contributed by atoms with Crippen LogP contribution in [0.25, 0.3) is 0 Å². The number of aryl methyl sites for hydroxylation is 1. The van der Waals surface area contributed by atoms with Gasteiger partial charge in [0, 0.05) is 24.0 Å². The Morgan fingerprint density at radius 2 is 1.52 bits per heavy atom. The quantitative estimate of drug-likeness (QED) is 0.195. The van der Waals surface area contributed by atoms with E-state index < -0.39 is 35.5 Å². The van der Waals surface area contributed by atoms with Gasteiger partial charge in [-0.3, -0.25) is 14.4 Å². The van der Waals surface area contributed by atoms with Gasteiger partial charge >= 0.3 is 18.0 Å². The first-order chi connectivity index (χ1) is 21.8. The van der Waals surface area contributed by atoms with Gasteiger partial charge in [-0.25, -0.2) is 14.5 Å². The third-order valence-corrected chi connectivity index (χ3v) is 8.78. The minimum Gasteiger partial charge on any atom is -0.481 e. The Kier molecular flexibility index (Phi) is 11.1. The molecule has 1 aliphatic carbocycles. The van der Waals surface area contributed by atoms with E-state index in [1.54, 1.807) is 17.0 Å². The van der Waals surface area contributed by atoms with Crippen LogP contribution in [0, 0.1) is 18.8 Å². The summed E-state index contributed by atoms with van der Waals surface area (Å²) in [7, 11) is 0. The topological polar surface area (TPSA) is 148 Å². The van der Waals surface area contributed by atoms with E-state index in [0.29, 0.717) is 30.6 Å². The molecule has 4 rings (SSSR count). The number of nitrogens with one attached hydrogen (secondary N) is 3. The molecule has 11 heteroatoms. The molecule has 1 saturated carbocycles. The first-order valence-electron chi connectivity index (χ1n) is 16.2. The lowest BCUT2D eigenvalue weighted by Gasteiger charge is -2.31. The normalized spacial score (nSPS) is 17.1. The van der Waals surface area contributed by atoms with Crippen molar-refractivity contribution in [3.63, 3.8) is 0 Å². The molecule has 1 saturated heterocycles. The van der Waals surface area contributed by atoms with E-state index in [2.05, 4.69) is 16.0 Å². The number of hydrogen-bond acceptors (Lipinski definition) is 5. The first-order valence-corrected chi connectivity index (χ1v) is 16.2. The lowest BCUT2D eigenvalue weighted by atomic mass is 9.93. The predicted octanol–water partition coefficient (Wildman–Crippen LogP) is 6.14. The molecule has 2 aromatic rings. The predicted molar refractivity (Wildman–Crippen MR) is 176 cm³/mol. The number of carboxylic acids is 1. The number of aliphatic carboxylic acids is 1. The summed E-state index contributed by atoms with van der Waals surface area (Å²) in [5.74, 6) is -1.75. The molecule has 6 amide bonds. The maximum atomic E-state index is 14.2. The highest BCUT2D eigenvalue weighted by Gasteiger charge is 2.60. The highest BCUT2D eigenvalue weighted by molar-refractivity contribution is 6.10. The molecule has 0 bridgehead atoms. The van der Waals surface area contributed by atoms with Crippen molar-refractivity contribution in [3.8, 4) is 0 Å². The van der Waals surface area contributed by atoms with Crippen molar-refractivity contribution >= 4 is 41.2 Å². The van der Waals surface area contributed by atoms with Gasteiger partial charge in [0.1, 0.15) is 11.6 Å². The molecule has 0 radical (unpaired) electrons. The SMILES string of the molecule is Cc1ccccc1NC(=O)Nc1ccc(CN2C(=O)N([C@@H](CC(C)C)C(=O)N[C@@H](CC(=O)O)CC(C)C)C(=O)C23CCCC3)cc1. The van der Waals surface area contributed by atoms with Gasteiger partial charge in [0.05, 0.1) is 6.42 Å². The summed E-state index contributed by atoms with van der Waals surface area (Å²) >= 11 is 0. The van der Waals surface area contributed by atoms with Crippen LogP contribution in [0.2, 0.25) is 0 Å². The number of amides is 6. The molecule has 1 aliphatic heterocycles. The molecule has 2 atom stereocenters. The summed E-state index contributed by atoms with van der Waals surface area (Å²) in [6, 6.07) is 12.1. The molecule has 2 fully saturated rings. The average molecular weight is 634 g/mol. The van der Waals surface area contributed by atoms with E-state index in [9.17, 15) is 29.1 Å². The summed E-state index contributed by atoms with van der Waals surface area (Å²) in [6.45, 7) is 9.83. The van der Waals surface area contributed by atoms with E-state index in [4.69, 9.17) is 0 Å². The van der Waals surface area contributed by atoms with E-state index >= 15 is 0 Å². The molecule has 0 unspecified atom stereocenters. The Labute approximate surface area is 271 Å². The number of nitrogens with zero attached hydrogens (tertiary/aromatic N) is 2. The zero-order valence-corrected chi connectivity index (χ0v) is 27.5. The third-order valence-electron chi connectivity index (χ3n) is 8.78. The number of hydrogen-bond donors (Lipinski definition) is 4. The Bertz CT molecular complexity index is 1430. The number of carbonyl (C=O) groups is 5. The van der Waals surface area contributed by atoms with Crippen molar-refractivity contribution in [1.82, 2.24) is 15.1 Å². The summed E-state index contributed by atoms with van der Waals surface area (Å²) in [6.07, 6.45) is 3.09. The number of urea groups is 2. The number of para-hydroxylation sites is 1. The minimum atomic E-state index is -1.05. The third kappa shape index (κ3) is 8.05. The zero-order chi connectivity index (χ0) is 33.6. The standard InChI is InChI=1S/C35H47N5O6/c1-22(2)18-27(20-30(41)42)36-31(43)29(19-23(3)4)40-32(44)35(16-8-9-17-35)39(34(40)46)21-25-12-14-26(15-13-25)37-33(45)38-28-11-7-6-10-24(28)5/h6-7,10-15,22-23,27,29H,8-9,16-21H2,1-5H3,(H,36,43)(H,41,42)(H2,37,38,45)/t27-,29+/m1/s1. The molecular weight excluding hydrogens is 586 g/mol. The van der Waals surface area contributed by atoms with Gasteiger partial charge in [0.25, 0.3) is 5.91 Å². The number of imide groups is 1. The smallest absolute Gasteiger partial charge is 0.328 e. The van der Waals surface area contributed by atoms with Gasteiger partial charge in [-0.2, -0.15) is 0 Å². The molecule has 11 nitrogen and oxygen atoms in total. The number of carboxylic acid groups (broad SMARTS) is 1. The molecule has 1 spiro atoms. The summed E-state index contributed by atoms with van der Waals surface area (Å²) in [4.78, 5) is 68.9. The van der Waals surface area contributed by atoms with E-state index in [1.807, 2.05) is 71.0 Å². The molecule has 46 heavy (non-hydrogen) atoms. The largest absolute Gasteiger partial charge is 0.481 e. The van der Waals surface area contributed by atoms with Crippen LogP contribution >= 0.6 is 0 Å². The molecular formula is C35H47N5O6. The average Bonchev–Trinajstić information content (AvgIpc) is 3.53. The fraction of sp³-hybridized carbons (Fsp3) is 0.514. The van der Waals surface area contributed by atoms with Crippen molar-refractivity contribution in [1.29, 1.82) is 0 Å². The van der Waals surface area contributed by atoms with Crippen LogP contribution < -0.4 is 16.0 Å². The Hall–Kier alpha value is -4.41. The molecule has 1 heterocycles. The van der Waals surface area contributed by atoms with Crippen LogP contribution in [0.4, 0.5) is 21.0 Å². The van der Waals surface area contributed by atoms with Gasteiger partial charge in [-0.1, -0.05) is 70.9 Å². The van der Waals surface area contributed by atoms with Crippen molar-refractivity contribution in [2.24, 2.45) is 11.8 Å². The van der Waals surface area contributed by atoms with Crippen molar-refractivity contribution in [2.45, 2.75) is 104 Å². The number of anilines is 2. The number of rotatable bonds is 13. The summed E-state index contributed by atoms with van der Waals surface area (Å²) in [5, 5.41) is 18.0. The summed E-state index contributed by atoms with van der Waals surface area (Å²) < 4.78 is 0. The highest BCUT2D eigenvalue weighted by Crippen LogP contribution is 2.44. The van der Waals surface area contributed by atoms with E-state index in [-0.39, 0.29) is 43.2 Å². The van der Waals surface area contributed by atoms with Crippen LogP contribution in [0.5, 0.6) is 0 Å². The van der Waals surface area contributed by atoms with E-state index in [0.717, 1.165) is 28.9 Å². The van der Waals surface area contributed by atoms with Crippen LogP contribution in [0.3, 0.4) is 0 Å². The van der Waals surface area contributed by atoms with Gasteiger partial charge in [0.15, 0.2) is 0 Å². The molecule has 248 valence electrons. The molecule has 2 aliphatic rings. The van der Waals surface area contributed by atoms with Crippen LogP contribution in [0.1, 0.15) is 83.8 Å². The van der Waals surface area contributed by atoms with Gasteiger partial charge in [0.2, 0.25) is 5.91 Å². The lowest BCUT2D eigenvalue weighted by Crippen LogP contribution is -2.54. The van der Waals surface area contributed by atoms with Gasteiger partial charge in [-0.05, 0) is 73.8 Å². The van der Waals surface area contributed by atoms with Crippen LogP contribution in [-0.2, 0) is 20.9 Å². The molecule has 0 aromatic heterocycles.